The first-order valence-corrected chi connectivity index (χ1v) is 9.76. The van der Waals surface area contributed by atoms with E-state index < -0.39 is 6.10 Å². The van der Waals surface area contributed by atoms with E-state index in [2.05, 4.69) is 4.98 Å². The van der Waals surface area contributed by atoms with Gasteiger partial charge in [-0.1, -0.05) is 0 Å². The summed E-state index contributed by atoms with van der Waals surface area (Å²) < 4.78 is 16.2. The van der Waals surface area contributed by atoms with Crippen LogP contribution >= 0.6 is 0 Å². The van der Waals surface area contributed by atoms with Crippen molar-refractivity contribution in [3.8, 4) is 28.7 Å². The van der Waals surface area contributed by atoms with Crippen LogP contribution in [0.2, 0.25) is 0 Å². The number of aliphatic hydroxyl groups is 1. The smallest absolute Gasteiger partial charge is 0.248 e. The molecule has 1 heterocycles. The summed E-state index contributed by atoms with van der Waals surface area (Å²) >= 11 is 0. The lowest BCUT2D eigenvalue weighted by atomic mass is 10.2. The minimum absolute atomic E-state index is 0.00913. The van der Waals surface area contributed by atoms with E-state index in [9.17, 15) is 15.0 Å². The number of aliphatic hydroxyl groups excluding tert-OH is 1. The monoisotopic (exact) mass is 430 g/mol. The van der Waals surface area contributed by atoms with Crippen LogP contribution in [0.15, 0.2) is 47.3 Å². The van der Waals surface area contributed by atoms with E-state index >= 15 is 0 Å². The lowest BCUT2D eigenvalue weighted by Gasteiger charge is -2.24. The summed E-state index contributed by atoms with van der Waals surface area (Å²) in [4.78, 5) is 19.9. The standard InChI is InChI=1S/C22H26N2O7/c1-4-24(31-15-5-8-19(28-2)20(11-15)29-3)12-14(25)13-30-18-9-7-17(26)22-16(18)6-10-21(27)23-22/h5-11,14,25-26H,4,12-13H2,1-3H3,(H,23,27). The third-order valence-electron chi connectivity index (χ3n) is 4.62. The van der Waals surface area contributed by atoms with Crippen LogP contribution in [0, 0.1) is 0 Å². The summed E-state index contributed by atoms with van der Waals surface area (Å²) in [5.74, 6) is 2.06. The van der Waals surface area contributed by atoms with Crippen molar-refractivity contribution < 1.29 is 29.3 Å². The molecule has 0 spiro atoms. The number of ether oxygens (including phenoxy) is 3. The largest absolute Gasteiger partial charge is 0.506 e. The quantitative estimate of drug-likeness (QED) is 0.420. The van der Waals surface area contributed by atoms with E-state index in [0.717, 1.165) is 0 Å². The highest BCUT2D eigenvalue weighted by Gasteiger charge is 2.16. The molecule has 2 aromatic carbocycles. The molecule has 1 aromatic heterocycles. The first kappa shape index (κ1) is 22.3. The van der Waals surface area contributed by atoms with Gasteiger partial charge in [0.25, 0.3) is 0 Å². The van der Waals surface area contributed by atoms with E-state index in [4.69, 9.17) is 19.0 Å². The number of hydrogen-bond donors (Lipinski definition) is 3. The number of hydroxylamine groups is 2. The number of pyridine rings is 1. The molecule has 3 rings (SSSR count). The summed E-state index contributed by atoms with van der Waals surface area (Å²) in [5, 5.41) is 22.5. The number of benzene rings is 2. The number of hydrogen-bond acceptors (Lipinski definition) is 8. The molecule has 0 aliphatic carbocycles. The molecule has 0 amide bonds. The van der Waals surface area contributed by atoms with Gasteiger partial charge in [0.2, 0.25) is 5.56 Å². The summed E-state index contributed by atoms with van der Waals surface area (Å²) in [7, 11) is 3.10. The summed E-state index contributed by atoms with van der Waals surface area (Å²) in [6, 6.07) is 11.1. The Balaban J connectivity index is 1.63. The average molecular weight is 430 g/mol. The van der Waals surface area contributed by atoms with Gasteiger partial charge in [-0.05, 0) is 37.3 Å². The Hall–Kier alpha value is -3.43. The molecule has 9 nitrogen and oxygen atoms in total. The van der Waals surface area contributed by atoms with Crippen molar-refractivity contribution in [2.24, 2.45) is 0 Å². The molecule has 0 radical (unpaired) electrons. The molecule has 0 saturated carbocycles. The van der Waals surface area contributed by atoms with Crippen molar-refractivity contribution in [2.45, 2.75) is 13.0 Å². The van der Waals surface area contributed by atoms with Gasteiger partial charge in [-0.2, -0.15) is 0 Å². The van der Waals surface area contributed by atoms with Crippen molar-refractivity contribution in [1.29, 1.82) is 0 Å². The van der Waals surface area contributed by atoms with Gasteiger partial charge in [0.05, 0.1) is 26.3 Å². The van der Waals surface area contributed by atoms with E-state index in [1.807, 2.05) is 6.92 Å². The van der Waals surface area contributed by atoms with E-state index in [-0.39, 0.29) is 30.0 Å². The van der Waals surface area contributed by atoms with Gasteiger partial charge >= 0.3 is 0 Å². The molecule has 3 aromatic rings. The molecular formula is C22H26N2O7. The molecular weight excluding hydrogens is 404 g/mol. The van der Waals surface area contributed by atoms with Crippen molar-refractivity contribution in [3.63, 3.8) is 0 Å². The number of nitrogens with zero attached hydrogens (tertiary/aromatic N) is 1. The van der Waals surface area contributed by atoms with Gasteiger partial charge in [-0.15, -0.1) is 5.06 Å². The van der Waals surface area contributed by atoms with Gasteiger partial charge in [-0.25, -0.2) is 0 Å². The number of aromatic amines is 1. The second kappa shape index (κ2) is 10.1. The number of likely N-dealkylation sites (N-methyl/N-ethyl adjacent to an activating group) is 1. The molecule has 0 saturated heterocycles. The molecule has 0 aliphatic heterocycles. The molecule has 1 unspecified atom stereocenters. The second-order valence-corrected chi connectivity index (χ2v) is 6.75. The third-order valence-corrected chi connectivity index (χ3v) is 4.62. The number of aromatic nitrogens is 1. The predicted octanol–water partition coefficient (Wildman–Crippen LogP) is 2.31. The number of phenols is 1. The fourth-order valence-electron chi connectivity index (χ4n) is 3.06. The molecule has 3 N–H and O–H groups in total. The number of aromatic hydroxyl groups is 1. The predicted molar refractivity (Wildman–Crippen MR) is 115 cm³/mol. The fourth-order valence-corrected chi connectivity index (χ4v) is 3.06. The number of rotatable bonds is 10. The first-order valence-electron chi connectivity index (χ1n) is 9.76. The Morgan fingerprint density at radius 2 is 1.77 bits per heavy atom. The van der Waals surface area contributed by atoms with Crippen molar-refractivity contribution >= 4 is 10.9 Å². The number of fused-ring (bicyclic) bond motifs is 1. The maximum Gasteiger partial charge on any atom is 0.248 e. The molecule has 31 heavy (non-hydrogen) atoms. The highest BCUT2D eigenvalue weighted by molar-refractivity contribution is 5.89. The van der Waals surface area contributed by atoms with Crippen LogP contribution in [0.5, 0.6) is 28.7 Å². The number of nitrogens with one attached hydrogen (secondary N) is 1. The average Bonchev–Trinajstić information content (AvgIpc) is 2.78. The molecule has 0 bridgehead atoms. The minimum Gasteiger partial charge on any atom is -0.506 e. The Kier molecular flexibility index (Phi) is 7.22. The molecule has 0 fully saturated rings. The van der Waals surface area contributed by atoms with Crippen molar-refractivity contribution in [2.75, 3.05) is 33.9 Å². The van der Waals surface area contributed by atoms with Gasteiger partial charge in [0, 0.05) is 24.1 Å². The molecule has 0 aliphatic rings. The van der Waals surface area contributed by atoms with E-state index in [1.165, 1.54) is 12.1 Å². The van der Waals surface area contributed by atoms with Crippen LogP contribution in [-0.2, 0) is 0 Å². The topological polar surface area (TPSA) is 113 Å². The van der Waals surface area contributed by atoms with E-state index in [1.54, 1.807) is 49.6 Å². The number of H-pyrrole nitrogens is 1. The Labute approximate surface area is 179 Å². The van der Waals surface area contributed by atoms with Gasteiger partial charge in [0.1, 0.15) is 24.2 Å². The summed E-state index contributed by atoms with van der Waals surface area (Å²) in [6.45, 7) is 2.61. The number of phenolic OH excluding ortho intramolecular Hbond substituents is 1. The number of methoxy groups -OCH3 is 2. The lowest BCUT2D eigenvalue weighted by Crippen LogP contribution is -2.37. The second-order valence-electron chi connectivity index (χ2n) is 6.75. The fraction of sp³-hybridized carbons (Fsp3) is 0.318. The minimum atomic E-state index is -0.855. The molecule has 166 valence electrons. The van der Waals surface area contributed by atoms with Crippen LogP contribution in [0.4, 0.5) is 0 Å². The highest BCUT2D eigenvalue weighted by atomic mass is 16.7. The van der Waals surface area contributed by atoms with Crippen LogP contribution in [-0.4, -0.2) is 60.3 Å². The normalized spacial score (nSPS) is 12.0. The van der Waals surface area contributed by atoms with Gasteiger partial charge in [0.15, 0.2) is 17.2 Å². The maximum absolute atomic E-state index is 11.5. The lowest BCUT2D eigenvalue weighted by molar-refractivity contribution is -0.0859. The summed E-state index contributed by atoms with van der Waals surface area (Å²) in [5.41, 5.74) is -0.0441. The Morgan fingerprint density at radius 1 is 1.03 bits per heavy atom. The van der Waals surface area contributed by atoms with Gasteiger partial charge in [-0.3, -0.25) is 4.79 Å². The van der Waals surface area contributed by atoms with Crippen molar-refractivity contribution in [1.82, 2.24) is 10.0 Å². The highest BCUT2D eigenvalue weighted by Crippen LogP contribution is 2.32. The van der Waals surface area contributed by atoms with Crippen LogP contribution < -0.4 is 24.6 Å². The summed E-state index contributed by atoms with van der Waals surface area (Å²) in [6.07, 6.45) is -0.855. The Bertz CT molecular complexity index is 1080. The zero-order valence-electron chi connectivity index (χ0n) is 17.6. The molecule has 1 atom stereocenters. The first-order chi connectivity index (χ1) is 14.9. The zero-order valence-corrected chi connectivity index (χ0v) is 17.6. The van der Waals surface area contributed by atoms with Crippen LogP contribution in [0.25, 0.3) is 10.9 Å². The molecule has 9 heteroatoms. The maximum atomic E-state index is 11.5. The zero-order chi connectivity index (χ0) is 22.4. The Morgan fingerprint density at radius 3 is 2.48 bits per heavy atom. The van der Waals surface area contributed by atoms with Crippen LogP contribution in [0.3, 0.4) is 0 Å². The van der Waals surface area contributed by atoms with Crippen LogP contribution in [0.1, 0.15) is 6.92 Å². The third kappa shape index (κ3) is 5.39. The SMILES string of the molecule is CCN(CC(O)COc1ccc(O)c2[nH]c(=O)ccc12)Oc1ccc(OC)c(OC)c1. The van der Waals surface area contributed by atoms with Gasteiger partial charge < -0.3 is 34.2 Å². The van der Waals surface area contributed by atoms with Crippen molar-refractivity contribution in [3.05, 3.63) is 52.8 Å². The van der Waals surface area contributed by atoms with E-state index in [0.29, 0.717) is 34.9 Å².